The lowest BCUT2D eigenvalue weighted by Crippen LogP contribution is -2.60. The summed E-state index contributed by atoms with van der Waals surface area (Å²) in [5, 5.41) is 20.9. The van der Waals surface area contributed by atoms with Gasteiger partial charge in [0.2, 0.25) is 0 Å². The second kappa shape index (κ2) is 5.97. The molecule has 6 heteroatoms. The highest BCUT2D eigenvalue weighted by Gasteiger charge is 2.60. The van der Waals surface area contributed by atoms with Crippen LogP contribution in [0.4, 0.5) is 8.78 Å². The first-order chi connectivity index (χ1) is 9.85. The van der Waals surface area contributed by atoms with Gasteiger partial charge in [0.25, 0.3) is 5.91 Å². The molecular weight excluding hydrogens is 280 g/mol. The van der Waals surface area contributed by atoms with E-state index in [1.165, 1.54) is 0 Å². The van der Waals surface area contributed by atoms with Gasteiger partial charge in [-0.1, -0.05) is 12.1 Å². The Morgan fingerprint density at radius 1 is 1.29 bits per heavy atom. The van der Waals surface area contributed by atoms with Crippen LogP contribution in [0.25, 0.3) is 0 Å². The lowest BCUT2D eigenvalue weighted by Gasteiger charge is -2.41. The highest BCUT2D eigenvalue weighted by atomic mass is 19.3. The summed E-state index contributed by atoms with van der Waals surface area (Å²) in [6.45, 7) is 0.116. The number of benzene rings is 1. The van der Waals surface area contributed by atoms with Gasteiger partial charge in [-0.25, -0.2) is 0 Å². The van der Waals surface area contributed by atoms with Crippen molar-refractivity contribution in [2.45, 2.75) is 43.6 Å². The molecule has 21 heavy (non-hydrogen) atoms. The highest BCUT2D eigenvalue weighted by molar-refractivity contribution is 5.85. The van der Waals surface area contributed by atoms with Gasteiger partial charge in [0.15, 0.2) is 0 Å². The standard InChI is InChI=1S/C15H19F2NO3/c16-15(17,14(21)8-2-9-14)13(20)18-10-1-3-11-4-6-12(19)7-5-11/h4-7,19,21H,1-3,8-10H2,(H,18,20). The van der Waals surface area contributed by atoms with E-state index in [2.05, 4.69) is 5.32 Å². The van der Waals surface area contributed by atoms with E-state index in [0.717, 1.165) is 5.56 Å². The number of carbonyl (C=O) groups excluding carboxylic acids is 1. The Bertz CT molecular complexity index is 498. The number of hydrogen-bond donors (Lipinski definition) is 3. The van der Waals surface area contributed by atoms with E-state index in [-0.39, 0.29) is 25.1 Å². The molecule has 0 unspecified atom stereocenters. The number of amides is 1. The third-order valence-corrected chi connectivity index (χ3v) is 3.91. The molecule has 1 aliphatic carbocycles. The van der Waals surface area contributed by atoms with Crippen LogP contribution in [0.15, 0.2) is 24.3 Å². The van der Waals surface area contributed by atoms with Crippen LogP contribution in [0, 0.1) is 0 Å². The molecule has 0 bridgehead atoms. The molecule has 1 amide bonds. The van der Waals surface area contributed by atoms with E-state index >= 15 is 0 Å². The third kappa shape index (κ3) is 3.32. The van der Waals surface area contributed by atoms with Crippen molar-refractivity contribution in [1.82, 2.24) is 5.32 Å². The van der Waals surface area contributed by atoms with Crippen LogP contribution in [-0.2, 0) is 11.2 Å². The van der Waals surface area contributed by atoms with Crippen LogP contribution in [0.5, 0.6) is 5.75 Å². The summed E-state index contributed by atoms with van der Waals surface area (Å²) in [6.07, 6.45) is 1.55. The molecule has 3 N–H and O–H groups in total. The molecule has 1 aliphatic rings. The molecule has 1 fully saturated rings. The van der Waals surface area contributed by atoms with Gasteiger partial charge in [-0.15, -0.1) is 0 Å². The van der Waals surface area contributed by atoms with Crippen molar-refractivity contribution in [2.75, 3.05) is 6.54 Å². The number of rotatable bonds is 6. The molecule has 1 aromatic rings. The van der Waals surface area contributed by atoms with Crippen molar-refractivity contribution in [3.8, 4) is 5.75 Å². The van der Waals surface area contributed by atoms with Crippen LogP contribution in [0.3, 0.4) is 0 Å². The van der Waals surface area contributed by atoms with E-state index in [9.17, 15) is 18.7 Å². The number of halogens is 2. The Morgan fingerprint density at radius 3 is 2.43 bits per heavy atom. The first-order valence-corrected chi connectivity index (χ1v) is 7.01. The zero-order valence-corrected chi connectivity index (χ0v) is 11.6. The molecule has 0 heterocycles. The quantitative estimate of drug-likeness (QED) is 0.704. The van der Waals surface area contributed by atoms with Gasteiger partial charge in [0.05, 0.1) is 0 Å². The first kappa shape index (κ1) is 15.7. The number of nitrogens with one attached hydrogen (secondary N) is 1. The molecule has 0 aromatic heterocycles. The fourth-order valence-corrected chi connectivity index (χ4v) is 2.31. The molecule has 4 nitrogen and oxygen atoms in total. The van der Waals surface area contributed by atoms with Gasteiger partial charge in [-0.2, -0.15) is 8.78 Å². The maximum absolute atomic E-state index is 13.8. The van der Waals surface area contributed by atoms with Crippen molar-refractivity contribution < 1.29 is 23.8 Å². The zero-order chi connectivity index (χ0) is 15.5. The molecule has 116 valence electrons. The van der Waals surface area contributed by atoms with E-state index in [1.807, 2.05) is 0 Å². The van der Waals surface area contributed by atoms with Gasteiger partial charge in [0.1, 0.15) is 11.4 Å². The van der Waals surface area contributed by atoms with Gasteiger partial charge < -0.3 is 15.5 Å². The van der Waals surface area contributed by atoms with E-state index < -0.39 is 17.4 Å². The first-order valence-electron chi connectivity index (χ1n) is 7.01. The summed E-state index contributed by atoms with van der Waals surface area (Å²) >= 11 is 0. The van der Waals surface area contributed by atoms with Crippen molar-refractivity contribution in [1.29, 1.82) is 0 Å². The van der Waals surface area contributed by atoms with Gasteiger partial charge in [-0.05, 0) is 49.8 Å². The molecule has 1 saturated carbocycles. The fraction of sp³-hybridized carbons (Fsp3) is 0.533. The number of aryl methyl sites for hydroxylation is 1. The summed E-state index contributed by atoms with van der Waals surface area (Å²) in [6, 6.07) is 6.58. The summed E-state index contributed by atoms with van der Waals surface area (Å²) in [7, 11) is 0. The molecule has 0 saturated heterocycles. The number of phenols is 1. The molecule has 0 aliphatic heterocycles. The second-order valence-electron chi connectivity index (χ2n) is 5.49. The number of hydrogen-bond acceptors (Lipinski definition) is 3. The molecule has 0 spiro atoms. The number of alkyl halides is 2. The predicted molar refractivity (Wildman–Crippen MR) is 73.2 cm³/mol. The maximum Gasteiger partial charge on any atom is 0.352 e. The number of phenolic OH excluding ortho intramolecular Hbond substituents is 1. The SMILES string of the molecule is O=C(NCCCc1ccc(O)cc1)C(F)(F)C1(O)CCC1. The van der Waals surface area contributed by atoms with Crippen molar-refractivity contribution in [2.24, 2.45) is 0 Å². The number of aromatic hydroxyl groups is 1. The average Bonchev–Trinajstić information content (AvgIpc) is 2.42. The van der Waals surface area contributed by atoms with Crippen molar-refractivity contribution in [3.05, 3.63) is 29.8 Å². The topological polar surface area (TPSA) is 69.6 Å². The van der Waals surface area contributed by atoms with Gasteiger partial charge >= 0.3 is 5.92 Å². The average molecular weight is 299 g/mol. The summed E-state index contributed by atoms with van der Waals surface area (Å²) in [4.78, 5) is 11.5. The molecular formula is C15H19F2NO3. The van der Waals surface area contributed by atoms with Crippen LogP contribution >= 0.6 is 0 Å². The Kier molecular flexibility index (Phi) is 4.46. The lowest BCUT2D eigenvalue weighted by atomic mass is 9.75. The number of aliphatic hydroxyl groups is 1. The second-order valence-corrected chi connectivity index (χ2v) is 5.49. The Morgan fingerprint density at radius 2 is 1.90 bits per heavy atom. The largest absolute Gasteiger partial charge is 0.508 e. The normalized spacial score (nSPS) is 17.1. The molecule has 0 atom stereocenters. The van der Waals surface area contributed by atoms with Crippen LogP contribution in [-0.4, -0.2) is 34.2 Å². The minimum atomic E-state index is -3.73. The minimum Gasteiger partial charge on any atom is -0.508 e. The summed E-state index contributed by atoms with van der Waals surface area (Å²) in [5.74, 6) is -4.97. The Labute approximate surface area is 121 Å². The smallest absolute Gasteiger partial charge is 0.352 e. The molecule has 2 rings (SSSR count). The van der Waals surface area contributed by atoms with Crippen LogP contribution in [0.2, 0.25) is 0 Å². The minimum absolute atomic E-state index is 0.0407. The monoisotopic (exact) mass is 299 g/mol. The van der Waals surface area contributed by atoms with Gasteiger partial charge in [0, 0.05) is 6.54 Å². The third-order valence-electron chi connectivity index (χ3n) is 3.91. The molecule has 0 radical (unpaired) electrons. The number of carbonyl (C=O) groups is 1. The Balaban J connectivity index is 1.75. The summed E-state index contributed by atoms with van der Waals surface area (Å²) < 4.78 is 27.5. The van der Waals surface area contributed by atoms with Gasteiger partial charge in [-0.3, -0.25) is 4.79 Å². The fourth-order valence-electron chi connectivity index (χ4n) is 2.31. The van der Waals surface area contributed by atoms with E-state index in [4.69, 9.17) is 5.11 Å². The van der Waals surface area contributed by atoms with Crippen LogP contribution in [0.1, 0.15) is 31.2 Å². The van der Waals surface area contributed by atoms with Crippen molar-refractivity contribution in [3.63, 3.8) is 0 Å². The highest BCUT2D eigenvalue weighted by Crippen LogP contribution is 2.44. The Hall–Kier alpha value is -1.69. The van der Waals surface area contributed by atoms with Crippen molar-refractivity contribution >= 4 is 5.91 Å². The summed E-state index contributed by atoms with van der Waals surface area (Å²) in [5.41, 5.74) is -1.22. The predicted octanol–water partition coefficient (Wildman–Crippen LogP) is 1.99. The van der Waals surface area contributed by atoms with E-state index in [1.54, 1.807) is 24.3 Å². The van der Waals surface area contributed by atoms with E-state index in [0.29, 0.717) is 19.3 Å². The van der Waals surface area contributed by atoms with Crippen LogP contribution < -0.4 is 5.32 Å². The molecule has 1 aromatic carbocycles. The maximum atomic E-state index is 13.8. The lowest BCUT2D eigenvalue weighted by molar-refractivity contribution is -0.215. The zero-order valence-electron chi connectivity index (χ0n) is 11.6.